The molecule has 0 aromatic rings. The van der Waals surface area contributed by atoms with Gasteiger partial charge >= 0.3 is 33.6 Å². The summed E-state index contributed by atoms with van der Waals surface area (Å²) < 4.78 is 61.2. The van der Waals surface area contributed by atoms with E-state index in [1.54, 1.807) is 0 Å². The van der Waals surface area contributed by atoms with Crippen molar-refractivity contribution in [1.29, 1.82) is 0 Å². The first-order valence-corrected chi connectivity index (χ1v) is 44.5. The average molecular weight is 1510 g/mol. The maximum Gasteiger partial charge on any atom is 0.472 e. The smallest absolute Gasteiger partial charge is 0.463 e. The number of ether oxygens (including phenoxy) is 3. The molecule has 5 atom stereocenters. The highest BCUT2D eigenvalue weighted by Gasteiger charge is 2.29. The molecule has 5 unspecified atom stereocenters. The van der Waals surface area contributed by atoms with Gasteiger partial charge in [-0.25, -0.2) is 9.13 Å². The number of aliphatic hydroxyl groups is 2. The van der Waals surface area contributed by atoms with Crippen LogP contribution in [0.4, 0.5) is 0 Å². The minimum Gasteiger partial charge on any atom is -0.463 e. The minimum atomic E-state index is -4.94. The second-order valence-electron chi connectivity index (χ2n) is 27.5. The molecule has 0 fully saturated rings. The van der Waals surface area contributed by atoms with Crippen LogP contribution >= 0.6 is 15.6 Å². The lowest BCUT2D eigenvalue weighted by molar-refractivity contribution is -0.161. The van der Waals surface area contributed by atoms with Gasteiger partial charge in [-0.2, -0.15) is 0 Å². The number of phosphoric ester groups is 2. The minimum absolute atomic E-state index is 0.0863. The van der Waals surface area contributed by atoms with E-state index >= 15 is 0 Å². The van der Waals surface area contributed by atoms with Crippen LogP contribution in [0.3, 0.4) is 0 Å². The molecule has 0 aliphatic carbocycles. The molecule has 0 bridgehead atoms. The number of hydrogen-bond acceptors (Lipinski definition) is 14. The molecule has 0 aromatic carbocycles. The van der Waals surface area contributed by atoms with E-state index in [-0.39, 0.29) is 19.3 Å². The lowest BCUT2D eigenvalue weighted by Gasteiger charge is -2.21. The van der Waals surface area contributed by atoms with Crippen molar-refractivity contribution in [2.24, 2.45) is 0 Å². The molecule has 0 saturated carbocycles. The van der Waals surface area contributed by atoms with Crippen molar-refractivity contribution < 1.29 is 75.8 Å². The Balaban J connectivity index is 4.52. The van der Waals surface area contributed by atoms with Crippen molar-refractivity contribution in [3.8, 4) is 0 Å². The Kier molecular flexibility index (Phi) is 76.0. The van der Waals surface area contributed by atoms with Gasteiger partial charge in [-0.3, -0.25) is 32.5 Å². The molecule has 0 aromatic heterocycles. The monoisotopic (exact) mass is 1510 g/mol. The van der Waals surface area contributed by atoms with Crippen LogP contribution in [0, 0.1) is 0 Å². The fourth-order valence-electron chi connectivity index (χ4n) is 11.0. The predicted octanol–water partition coefficient (Wildman–Crippen LogP) is 24.7. The summed E-state index contributed by atoms with van der Waals surface area (Å²) in [5.74, 6) is -1.61. The molecule has 0 spiro atoms. The van der Waals surface area contributed by atoms with E-state index in [1.165, 1.54) is 141 Å². The summed E-state index contributed by atoms with van der Waals surface area (Å²) in [6, 6.07) is 0. The van der Waals surface area contributed by atoms with Crippen LogP contribution in [-0.4, -0.2) is 95.9 Å². The Hall–Kier alpha value is -4.31. The molecule has 0 radical (unpaired) electrons. The zero-order valence-corrected chi connectivity index (χ0v) is 67.9. The lowest BCUT2D eigenvalue weighted by Crippen LogP contribution is -2.30. The maximum absolute atomic E-state index is 13.0. The second kappa shape index (κ2) is 79.2. The highest BCUT2D eigenvalue weighted by atomic mass is 31.2. The van der Waals surface area contributed by atoms with Crippen LogP contribution < -0.4 is 0 Å². The molecule has 4 N–H and O–H groups in total. The van der Waals surface area contributed by atoms with Gasteiger partial charge in [0.1, 0.15) is 25.4 Å². The van der Waals surface area contributed by atoms with Crippen molar-refractivity contribution in [2.45, 2.75) is 360 Å². The molecule has 0 amide bonds. The first kappa shape index (κ1) is 101. The topological polar surface area (TPSA) is 231 Å². The van der Waals surface area contributed by atoms with Crippen molar-refractivity contribution in [3.63, 3.8) is 0 Å². The Morgan fingerprint density at radius 1 is 0.276 bits per heavy atom. The summed E-state index contributed by atoms with van der Waals surface area (Å²) in [6.07, 6.45) is 96.5. The molecular formula is C87H150O16P2. The number of aliphatic hydroxyl groups excluding tert-OH is 2. The molecule has 16 nitrogen and oxygen atoms in total. The van der Waals surface area contributed by atoms with Crippen LogP contribution in [-0.2, 0) is 55.8 Å². The summed E-state index contributed by atoms with van der Waals surface area (Å²) in [4.78, 5) is 58.7. The Labute approximate surface area is 639 Å². The van der Waals surface area contributed by atoms with Crippen LogP contribution in [0.15, 0.2) is 134 Å². The first-order valence-electron chi connectivity index (χ1n) is 41.5. The van der Waals surface area contributed by atoms with E-state index in [4.69, 9.17) is 32.3 Å². The van der Waals surface area contributed by atoms with E-state index in [0.717, 1.165) is 141 Å². The number of hydrogen-bond donors (Lipinski definition) is 4. The third kappa shape index (κ3) is 80.5. The SMILES string of the molecule is CC/C=C\C/C=C\C/C=C\C/C=C\C/C=C\C/C=C\CCCCCCC(=O)OCC(COP(=O)(O)OCC(O)COP(=O)(O)OCC(O)COC(=O)CCCCCCCCCCCCCCCCC/C=C\C/C=C\C/C=C\C/C=C\CCCCC)OC(=O)CCCCCCC/C=C\CCCCCCCC. The number of carbonyl (C=O) groups excluding carboxylic acids is 3. The van der Waals surface area contributed by atoms with E-state index in [1.807, 2.05) is 0 Å². The van der Waals surface area contributed by atoms with Crippen molar-refractivity contribution in [2.75, 3.05) is 39.6 Å². The van der Waals surface area contributed by atoms with Crippen LogP contribution in [0.2, 0.25) is 0 Å². The van der Waals surface area contributed by atoms with Gasteiger partial charge in [0.25, 0.3) is 0 Å². The van der Waals surface area contributed by atoms with E-state index in [2.05, 4.69) is 154 Å². The number of allylic oxidation sites excluding steroid dienone is 22. The van der Waals surface area contributed by atoms with E-state index < -0.39 is 91.5 Å². The van der Waals surface area contributed by atoms with E-state index in [0.29, 0.717) is 19.3 Å². The third-order valence-electron chi connectivity index (χ3n) is 17.3. The fourth-order valence-corrected chi connectivity index (χ4v) is 12.6. The van der Waals surface area contributed by atoms with Gasteiger partial charge in [-0.15, -0.1) is 0 Å². The molecule has 604 valence electrons. The summed E-state index contributed by atoms with van der Waals surface area (Å²) >= 11 is 0. The summed E-state index contributed by atoms with van der Waals surface area (Å²) in [5.41, 5.74) is 0. The van der Waals surface area contributed by atoms with Gasteiger partial charge in [-0.1, -0.05) is 315 Å². The predicted molar refractivity (Wildman–Crippen MR) is 436 cm³/mol. The van der Waals surface area contributed by atoms with Crippen LogP contribution in [0.25, 0.3) is 0 Å². The number of unbranched alkanes of at least 4 members (excludes halogenated alkanes) is 33. The molecule has 0 aliphatic heterocycles. The number of rotatable bonds is 78. The van der Waals surface area contributed by atoms with Gasteiger partial charge in [0.05, 0.1) is 26.4 Å². The maximum atomic E-state index is 13.0. The molecule has 0 saturated heterocycles. The summed E-state index contributed by atoms with van der Waals surface area (Å²) in [6.45, 7) is 2.52. The van der Waals surface area contributed by atoms with Crippen molar-refractivity contribution >= 4 is 33.6 Å². The Morgan fingerprint density at radius 3 is 0.829 bits per heavy atom. The van der Waals surface area contributed by atoms with E-state index in [9.17, 15) is 43.5 Å². The number of phosphoric acid groups is 2. The number of carbonyl (C=O) groups is 3. The molecule has 0 heterocycles. The molecule has 0 rings (SSSR count). The van der Waals surface area contributed by atoms with Crippen LogP contribution in [0.5, 0.6) is 0 Å². The third-order valence-corrected chi connectivity index (χ3v) is 19.2. The summed E-state index contributed by atoms with van der Waals surface area (Å²) in [7, 11) is -9.80. The highest BCUT2D eigenvalue weighted by Crippen LogP contribution is 2.45. The van der Waals surface area contributed by atoms with Crippen molar-refractivity contribution in [1.82, 2.24) is 0 Å². The zero-order valence-electron chi connectivity index (χ0n) is 66.1. The van der Waals surface area contributed by atoms with Gasteiger partial charge < -0.3 is 34.2 Å². The average Bonchev–Trinajstić information content (AvgIpc) is 0.920. The quantitative estimate of drug-likeness (QED) is 0.0146. The zero-order chi connectivity index (χ0) is 76.6. The lowest BCUT2D eigenvalue weighted by atomic mass is 10.0. The van der Waals surface area contributed by atoms with Gasteiger partial charge in [0, 0.05) is 19.3 Å². The van der Waals surface area contributed by atoms with Gasteiger partial charge in [0.15, 0.2) is 6.10 Å². The largest absolute Gasteiger partial charge is 0.472 e. The Bertz CT molecular complexity index is 2440. The normalized spacial score (nSPS) is 14.6. The fraction of sp³-hybridized carbons (Fsp3) is 0.713. The Morgan fingerprint density at radius 2 is 0.505 bits per heavy atom. The first-order chi connectivity index (χ1) is 51.2. The standard InChI is InChI=1S/C87H150O16P2/c1-4-7-10-13-16-19-22-25-28-30-32-34-36-37-38-39-40-41-42-43-45-47-48-50-53-55-58-61-64-67-70-73-85(90)97-76-82(88)77-99-104(93,94)100-78-83(89)79-101-105(95,96)102-81-84(103-87(92)75-72-69-66-63-60-57-52-27-24-21-18-15-12-9-6-3)80-98-86(91)74-71-68-65-62-59-56-54-51-49-46-44-35-33-31-29-26-23-20-17-14-11-8-5-2/h8,11,16-17,19-20,25-29,32-35,37-38,46,49,52,54,56,82-84,88-89H,4-7,9-10,12-15,18,21-24,30-31,36,39-45,47-48,50-51,53,55,57-81H2,1-3H3,(H,93,94)(H,95,96)/b11-8-,19-16-,20-17-,28-25-,29-26-,34-32-,35-33-,38-37-,49-46-,52-27-,56-54-. The van der Waals surface area contributed by atoms with Gasteiger partial charge in [-0.05, 0) is 141 Å². The molecule has 18 heteroatoms. The molecule has 105 heavy (non-hydrogen) atoms. The number of esters is 3. The van der Waals surface area contributed by atoms with Crippen molar-refractivity contribution in [3.05, 3.63) is 134 Å². The molecule has 0 aliphatic rings. The molecular weight excluding hydrogens is 1360 g/mol. The van der Waals surface area contributed by atoms with Gasteiger partial charge in [0.2, 0.25) is 0 Å². The summed E-state index contributed by atoms with van der Waals surface area (Å²) in [5, 5.41) is 20.7. The second-order valence-corrected chi connectivity index (χ2v) is 30.4. The highest BCUT2D eigenvalue weighted by molar-refractivity contribution is 7.47. The van der Waals surface area contributed by atoms with Crippen LogP contribution in [0.1, 0.15) is 342 Å².